The summed E-state index contributed by atoms with van der Waals surface area (Å²) in [5.74, 6) is -0.304. The minimum atomic E-state index is -0.888. The van der Waals surface area contributed by atoms with E-state index in [0.29, 0.717) is 37.2 Å². The molecule has 1 unspecified atom stereocenters. The molecule has 1 fully saturated rings. The minimum Gasteiger partial charge on any atom is -0.496 e. The predicted octanol–water partition coefficient (Wildman–Crippen LogP) is 1.28. The van der Waals surface area contributed by atoms with Crippen LogP contribution in [-0.4, -0.2) is 47.4 Å². The van der Waals surface area contributed by atoms with Crippen LogP contribution in [0.2, 0.25) is 0 Å². The molecule has 1 aromatic rings. The van der Waals surface area contributed by atoms with Crippen molar-refractivity contribution in [2.75, 3.05) is 20.2 Å². The molecule has 0 saturated carbocycles. The Labute approximate surface area is 112 Å². The smallest absolute Gasteiger partial charge is 0.325 e. The third-order valence-electron chi connectivity index (χ3n) is 3.53. The molecule has 104 valence electrons. The highest BCUT2D eigenvalue weighted by Crippen LogP contribution is 2.31. The average Bonchev–Trinajstić information content (AvgIpc) is 2.41. The lowest BCUT2D eigenvalue weighted by Gasteiger charge is -2.34. The highest BCUT2D eigenvalue weighted by molar-refractivity contribution is 5.76. The number of piperidine rings is 1. The summed E-state index contributed by atoms with van der Waals surface area (Å²) in [5, 5.41) is 19.0. The Morgan fingerprint density at radius 3 is 2.58 bits per heavy atom. The van der Waals surface area contributed by atoms with Gasteiger partial charge >= 0.3 is 5.97 Å². The molecule has 0 aromatic heterocycles. The molecule has 1 aliphatic heterocycles. The molecule has 1 heterocycles. The summed E-state index contributed by atoms with van der Waals surface area (Å²) in [5.41, 5.74) is 0.661. The summed E-state index contributed by atoms with van der Waals surface area (Å²) < 4.78 is 5.25. The van der Waals surface area contributed by atoms with Crippen LogP contribution in [0.5, 0.6) is 5.75 Å². The van der Waals surface area contributed by atoms with Gasteiger partial charge in [-0.1, -0.05) is 18.2 Å². The molecule has 19 heavy (non-hydrogen) atoms. The van der Waals surface area contributed by atoms with Crippen molar-refractivity contribution < 1.29 is 19.7 Å². The first-order valence-corrected chi connectivity index (χ1v) is 6.41. The maximum absolute atomic E-state index is 11.6. The lowest BCUT2D eigenvalue weighted by atomic mass is 10.00. The first-order chi connectivity index (χ1) is 9.13. The monoisotopic (exact) mass is 265 g/mol. The molecule has 5 nitrogen and oxygen atoms in total. The summed E-state index contributed by atoms with van der Waals surface area (Å²) >= 11 is 0. The number of likely N-dealkylation sites (tertiary alicyclic amines) is 1. The standard InChI is InChI=1S/C14H19NO4/c1-19-12-5-3-2-4-11(12)13(14(17)18)15-8-6-10(16)7-9-15/h2-5,10,13,16H,6-9H2,1H3,(H,17,18). The number of carboxylic acids is 1. The zero-order chi connectivity index (χ0) is 13.8. The summed E-state index contributed by atoms with van der Waals surface area (Å²) in [6, 6.07) is 6.46. The number of hydrogen-bond donors (Lipinski definition) is 2. The number of benzene rings is 1. The van der Waals surface area contributed by atoms with Crippen molar-refractivity contribution in [3.8, 4) is 5.75 Å². The number of ether oxygens (including phenoxy) is 1. The summed E-state index contributed by atoms with van der Waals surface area (Å²) in [4.78, 5) is 13.5. The zero-order valence-corrected chi connectivity index (χ0v) is 11.0. The van der Waals surface area contributed by atoms with Gasteiger partial charge in [0.2, 0.25) is 0 Å². The Balaban J connectivity index is 2.27. The molecule has 0 aliphatic carbocycles. The van der Waals surface area contributed by atoms with Crippen molar-refractivity contribution in [1.29, 1.82) is 0 Å². The molecule has 1 aliphatic rings. The Hall–Kier alpha value is -1.59. The maximum Gasteiger partial charge on any atom is 0.325 e. The summed E-state index contributed by atoms with van der Waals surface area (Å²) in [6.45, 7) is 1.16. The van der Waals surface area contributed by atoms with Gasteiger partial charge in [0.05, 0.1) is 13.2 Å². The number of hydrogen-bond acceptors (Lipinski definition) is 4. The number of nitrogens with zero attached hydrogens (tertiary/aromatic N) is 1. The van der Waals surface area contributed by atoms with Crippen molar-refractivity contribution in [3.63, 3.8) is 0 Å². The number of carboxylic acid groups (broad SMARTS) is 1. The van der Waals surface area contributed by atoms with Crippen molar-refractivity contribution in [2.45, 2.75) is 25.0 Å². The van der Waals surface area contributed by atoms with Crippen LogP contribution < -0.4 is 4.74 Å². The summed E-state index contributed by atoms with van der Waals surface area (Å²) in [7, 11) is 1.54. The Bertz CT molecular complexity index is 441. The third-order valence-corrected chi connectivity index (χ3v) is 3.53. The van der Waals surface area contributed by atoms with Crippen LogP contribution in [0, 0.1) is 0 Å². The van der Waals surface area contributed by atoms with E-state index in [9.17, 15) is 15.0 Å². The maximum atomic E-state index is 11.6. The van der Waals surface area contributed by atoms with Gasteiger partial charge in [-0.15, -0.1) is 0 Å². The van der Waals surface area contributed by atoms with Crippen molar-refractivity contribution in [2.24, 2.45) is 0 Å². The quantitative estimate of drug-likeness (QED) is 0.858. The first-order valence-electron chi connectivity index (χ1n) is 6.41. The van der Waals surface area contributed by atoms with Crippen LogP contribution in [0.1, 0.15) is 24.4 Å². The summed E-state index contributed by atoms with van der Waals surface area (Å²) in [6.07, 6.45) is 0.904. The fourth-order valence-electron chi connectivity index (χ4n) is 2.52. The molecule has 0 bridgehead atoms. The molecule has 2 N–H and O–H groups in total. The molecule has 1 atom stereocenters. The van der Waals surface area contributed by atoms with Crippen molar-refractivity contribution in [3.05, 3.63) is 29.8 Å². The Kier molecular flexibility index (Phi) is 4.39. The zero-order valence-electron chi connectivity index (χ0n) is 11.0. The van der Waals surface area contributed by atoms with E-state index < -0.39 is 12.0 Å². The second kappa shape index (κ2) is 6.04. The van der Waals surface area contributed by atoms with Gasteiger partial charge in [0, 0.05) is 18.7 Å². The molecule has 0 amide bonds. The van der Waals surface area contributed by atoms with E-state index in [-0.39, 0.29) is 6.10 Å². The molecule has 1 saturated heterocycles. The number of methoxy groups -OCH3 is 1. The molecule has 1 aromatic carbocycles. The predicted molar refractivity (Wildman–Crippen MR) is 70.2 cm³/mol. The average molecular weight is 265 g/mol. The molecular formula is C14H19NO4. The van der Waals surface area contributed by atoms with Crippen LogP contribution in [0.4, 0.5) is 0 Å². The minimum absolute atomic E-state index is 0.316. The van der Waals surface area contributed by atoms with Crippen molar-refractivity contribution in [1.82, 2.24) is 4.90 Å². The van der Waals surface area contributed by atoms with Crippen LogP contribution in [0.3, 0.4) is 0 Å². The van der Waals surface area contributed by atoms with E-state index >= 15 is 0 Å². The first kappa shape index (κ1) is 13.8. The molecule has 0 radical (unpaired) electrons. The van der Waals surface area contributed by atoms with Gasteiger partial charge in [-0.2, -0.15) is 0 Å². The van der Waals surface area contributed by atoms with Gasteiger partial charge in [0.1, 0.15) is 11.8 Å². The topological polar surface area (TPSA) is 70.0 Å². The van der Waals surface area contributed by atoms with Crippen molar-refractivity contribution >= 4 is 5.97 Å². The van der Waals surface area contributed by atoms with Gasteiger partial charge in [-0.05, 0) is 18.9 Å². The molecule has 2 rings (SSSR count). The van der Waals surface area contributed by atoms with Gasteiger partial charge in [-0.25, -0.2) is 0 Å². The number of carbonyl (C=O) groups is 1. The molecular weight excluding hydrogens is 246 g/mol. The van der Waals surface area contributed by atoms with E-state index in [1.165, 1.54) is 7.11 Å². The number of aliphatic hydroxyl groups is 1. The number of aliphatic hydroxyl groups excluding tert-OH is 1. The second-order valence-corrected chi connectivity index (χ2v) is 4.75. The SMILES string of the molecule is COc1ccccc1C(C(=O)O)N1CCC(O)CC1. The fourth-order valence-corrected chi connectivity index (χ4v) is 2.52. The van der Waals surface area contributed by atoms with Gasteiger partial charge in [0.25, 0.3) is 0 Å². The number of rotatable bonds is 4. The van der Waals surface area contributed by atoms with E-state index in [1.807, 2.05) is 17.0 Å². The van der Waals surface area contributed by atoms with E-state index in [4.69, 9.17) is 4.74 Å². The van der Waals surface area contributed by atoms with E-state index in [0.717, 1.165) is 0 Å². The normalized spacial score (nSPS) is 19.1. The van der Waals surface area contributed by atoms with E-state index in [2.05, 4.69) is 0 Å². The lowest BCUT2D eigenvalue weighted by molar-refractivity contribution is -0.144. The lowest BCUT2D eigenvalue weighted by Crippen LogP contribution is -2.41. The Morgan fingerprint density at radius 1 is 1.37 bits per heavy atom. The van der Waals surface area contributed by atoms with Gasteiger partial charge in [-0.3, -0.25) is 9.69 Å². The largest absolute Gasteiger partial charge is 0.496 e. The number of para-hydroxylation sites is 1. The highest BCUT2D eigenvalue weighted by atomic mass is 16.5. The number of aliphatic carboxylic acids is 1. The van der Waals surface area contributed by atoms with Crippen LogP contribution in [0.25, 0.3) is 0 Å². The second-order valence-electron chi connectivity index (χ2n) is 4.75. The van der Waals surface area contributed by atoms with Crippen LogP contribution in [0.15, 0.2) is 24.3 Å². The van der Waals surface area contributed by atoms with Crippen LogP contribution >= 0.6 is 0 Å². The van der Waals surface area contributed by atoms with Gasteiger partial charge < -0.3 is 14.9 Å². The van der Waals surface area contributed by atoms with Crippen LogP contribution in [-0.2, 0) is 4.79 Å². The Morgan fingerprint density at radius 2 is 2.00 bits per heavy atom. The highest BCUT2D eigenvalue weighted by Gasteiger charge is 2.32. The van der Waals surface area contributed by atoms with Gasteiger partial charge in [0.15, 0.2) is 0 Å². The molecule has 5 heteroatoms. The molecule has 0 spiro atoms. The third kappa shape index (κ3) is 3.05. The fraction of sp³-hybridized carbons (Fsp3) is 0.500. The van der Waals surface area contributed by atoms with E-state index in [1.54, 1.807) is 12.1 Å².